The van der Waals surface area contributed by atoms with E-state index in [4.69, 9.17) is 9.84 Å². The average molecular weight is 522 g/mol. The quantitative estimate of drug-likeness (QED) is 0.215. The van der Waals surface area contributed by atoms with Gasteiger partial charge >= 0.3 is 5.97 Å². The van der Waals surface area contributed by atoms with Gasteiger partial charge in [-0.05, 0) is 48.7 Å². The van der Waals surface area contributed by atoms with Gasteiger partial charge in [0.15, 0.2) is 29.0 Å². The first-order valence-electron chi connectivity index (χ1n) is 11.5. The topological polar surface area (TPSA) is 124 Å². The number of hydrogen-bond acceptors (Lipinski definition) is 5. The van der Waals surface area contributed by atoms with Crippen molar-refractivity contribution in [3.8, 4) is 22.9 Å². The molecule has 0 spiro atoms. The summed E-state index contributed by atoms with van der Waals surface area (Å²) in [5.74, 6) is -4.23. The lowest BCUT2D eigenvalue weighted by molar-refractivity contribution is -0.136. The molecule has 0 saturated heterocycles. The molecule has 8 nitrogen and oxygen atoms in total. The van der Waals surface area contributed by atoms with Gasteiger partial charge < -0.3 is 24.9 Å². The number of aliphatic hydroxyl groups is 1. The Morgan fingerprint density at radius 1 is 1.05 bits per heavy atom. The number of aromatic nitrogens is 4. The molecular weight excluding hydrogens is 501 g/mol. The first-order chi connectivity index (χ1) is 18.1. The number of nitrogens with zero attached hydrogens (tertiary/aromatic N) is 2. The molecule has 0 aliphatic heterocycles. The fourth-order valence-corrected chi connectivity index (χ4v) is 4.09. The summed E-state index contributed by atoms with van der Waals surface area (Å²) in [4.78, 5) is 16.4. The van der Waals surface area contributed by atoms with E-state index in [1.54, 1.807) is 24.3 Å². The maximum atomic E-state index is 14.8. The smallest absolute Gasteiger partial charge is 0.303 e. The molecule has 2 heterocycles. The second-order valence-electron chi connectivity index (χ2n) is 8.87. The molecule has 0 saturated carbocycles. The van der Waals surface area contributed by atoms with Gasteiger partial charge in [-0.15, -0.1) is 10.2 Å². The number of H-pyrrole nitrogens is 2. The summed E-state index contributed by atoms with van der Waals surface area (Å²) >= 11 is 0. The van der Waals surface area contributed by atoms with Crippen LogP contribution in [0.15, 0.2) is 60.8 Å². The number of aliphatic carboxylic acids is 1. The lowest BCUT2D eigenvalue weighted by atomic mass is 9.93. The molecule has 0 aliphatic rings. The van der Waals surface area contributed by atoms with Crippen LogP contribution in [0.2, 0.25) is 0 Å². The van der Waals surface area contributed by atoms with Gasteiger partial charge in [0.05, 0.1) is 11.1 Å². The van der Waals surface area contributed by atoms with Crippen molar-refractivity contribution in [2.45, 2.75) is 25.4 Å². The van der Waals surface area contributed by atoms with E-state index in [0.29, 0.717) is 11.1 Å². The highest BCUT2D eigenvalue weighted by atomic mass is 19.1. The number of halogens is 3. The number of carboxylic acid groups (broad SMARTS) is 1. The number of aryl methyl sites for hydroxylation is 1. The first-order valence-corrected chi connectivity index (χ1v) is 11.5. The number of benzene rings is 3. The van der Waals surface area contributed by atoms with Gasteiger partial charge in [0.2, 0.25) is 0 Å². The van der Waals surface area contributed by atoms with Gasteiger partial charge in [0, 0.05) is 24.1 Å². The van der Waals surface area contributed by atoms with Gasteiger partial charge in [-0.2, -0.15) is 0 Å². The highest BCUT2D eigenvalue weighted by molar-refractivity contribution is 5.82. The average Bonchev–Trinajstić information content (AvgIpc) is 3.57. The molecule has 1 unspecified atom stereocenters. The van der Waals surface area contributed by atoms with Crippen LogP contribution in [0.3, 0.4) is 0 Å². The summed E-state index contributed by atoms with van der Waals surface area (Å²) in [6, 6.07) is 12.8. The van der Waals surface area contributed by atoms with Crippen LogP contribution in [0.4, 0.5) is 13.2 Å². The molecular formula is C27H21F3N4O4. The zero-order valence-electron chi connectivity index (χ0n) is 19.9. The molecule has 0 aliphatic carbocycles. The van der Waals surface area contributed by atoms with Gasteiger partial charge in [0.25, 0.3) is 0 Å². The molecule has 0 radical (unpaired) electrons. The number of nitrogens with one attached hydrogen (secondary N) is 2. The molecule has 2 aromatic heterocycles. The summed E-state index contributed by atoms with van der Waals surface area (Å²) in [5, 5.41) is 28.2. The summed E-state index contributed by atoms with van der Waals surface area (Å²) in [6.07, 6.45) is 1.68. The first kappa shape index (κ1) is 25.0. The van der Waals surface area contributed by atoms with E-state index >= 15 is 0 Å². The van der Waals surface area contributed by atoms with Crippen molar-refractivity contribution in [1.82, 2.24) is 20.2 Å². The van der Waals surface area contributed by atoms with E-state index in [1.807, 2.05) is 0 Å². The van der Waals surface area contributed by atoms with E-state index in [2.05, 4.69) is 20.2 Å². The van der Waals surface area contributed by atoms with Gasteiger partial charge in [-0.1, -0.05) is 24.3 Å². The molecule has 11 heteroatoms. The van der Waals surface area contributed by atoms with Crippen molar-refractivity contribution in [3.63, 3.8) is 0 Å². The molecule has 194 valence electrons. The van der Waals surface area contributed by atoms with E-state index < -0.39 is 34.8 Å². The number of rotatable bonds is 8. The molecule has 4 N–H and O–H groups in total. The minimum atomic E-state index is -1.67. The summed E-state index contributed by atoms with van der Waals surface area (Å²) < 4.78 is 49.5. The zero-order valence-corrected chi connectivity index (χ0v) is 19.9. The Morgan fingerprint density at radius 2 is 1.87 bits per heavy atom. The third-order valence-corrected chi connectivity index (χ3v) is 6.18. The fourth-order valence-electron chi connectivity index (χ4n) is 4.09. The van der Waals surface area contributed by atoms with Crippen molar-refractivity contribution in [2.75, 3.05) is 0 Å². The Bertz CT molecular complexity index is 1660. The van der Waals surface area contributed by atoms with Crippen LogP contribution in [0, 0.1) is 17.5 Å². The minimum Gasteiger partial charge on any atom is -0.481 e. The number of ether oxygens (including phenoxy) is 1. The van der Waals surface area contributed by atoms with E-state index in [0.717, 1.165) is 12.1 Å². The molecule has 5 rings (SSSR count). The van der Waals surface area contributed by atoms with Gasteiger partial charge in [-0.25, -0.2) is 13.2 Å². The summed E-state index contributed by atoms with van der Waals surface area (Å²) in [5.41, 5.74) is -0.380. The fraction of sp³-hybridized carbons (Fsp3) is 0.148. The number of hydrogen-bond donors (Lipinski definition) is 4. The number of carboxylic acids is 1. The van der Waals surface area contributed by atoms with Crippen molar-refractivity contribution in [2.24, 2.45) is 0 Å². The molecule has 0 bridgehead atoms. The molecule has 0 fully saturated rings. The number of fused-ring (bicyclic) bond motifs is 1. The number of aromatic amines is 2. The van der Waals surface area contributed by atoms with Crippen LogP contribution in [-0.2, 0) is 16.8 Å². The SMILES string of the molecule is CC(O)(c1cccc(CCC(=O)O)c1)c1nnc(-c2cc(Oc3c(F)cc4[nH]ccc4c3F)ccc2F)[nH]1. The highest BCUT2D eigenvalue weighted by Gasteiger charge is 2.31. The molecule has 38 heavy (non-hydrogen) atoms. The molecule has 3 aromatic carbocycles. The van der Waals surface area contributed by atoms with Crippen LogP contribution in [0.25, 0.3) is 22.3 Å². The van der Waals surface area contributed by atoms with Crippen LogP contribution in [0.5, 0.6) is 11.5 Å². The Labute approximate surface area is 213 Å². The normalized spacial score (nSPS) is 13.0. The number of carbonyl (C=O) groups is 1. The Morgan fingerprint density at radius 3 is 2.66 bits per heavy atom. The van der Waals surface area contributed by atoms with Crippen LogP contribution < -0.4 is 4.74 Å². The largest absolute Gasteiger partial charge is 0.481 e. The third kappa shape index (κ3) is 4.71. The van der Waals surface area contributed by atoms with Crippen molar-refractivity contribution in [1.29, 1.82) is 0 Å². The van der Waals surface area contributed by atoms with Crippen LogP contribution in [-0.4, -0.2) is 36.3 Å². The van der Waals surface area contributed by atoms with Gasteiger partial charge in [-0.3, -0.25) is 4.79 Å². The summed E-state index contributed by atoms with van der Waals surface area (Å²) in [6.45, 7) is 1.46. The van der Waals surface area contributed by atoms with E-state index in [-0.39, 0.29) is 46.7 Å². The van der Waals surface area contributed by atoms with Crippen molar-refractivity contribution >= 4 is 16.9 Å². The predicted octanol–water partition coefficient (Wildman–Crippen LogP) is 5.44. The Hall–Kier alpha value is -4.64. The van der Waals surface area contributed by atoms with Crippen LogP contribution >= 0.6 is 0 Å². The molecule has 0 amide bonds. The highest BCUT2D eigenvalue weighted by Crippen LogP contribution is 2.35. The Balaban J connectivity index is 1.44. The zero-order chi connectivity index (χ0) is 27.0. The second-order valence-corrected chi connectivity index (χ2v) is 8.87. The maximum Gasteiger partial charge on any atom is 0.303 e. The molecule has 1 atom stereocenters. The monoisotopic (exact) mass is 522 g/mol. The lowest BCUT2D eigenvalue weighted by Crippen LogP contribution is -2.24. The molecule has 5 aromatic rings. The van der Waals surface area contributed by atoms with E-state index in [1.165, 1.54) is 31.3 Å². The predicted molar refractivity (Wildman–Crippen MR) is 131 cm³/mol. The minimum absolute atomic E-state index is 0.00334. The van der Waals surface area contributed by atoms with Crippen molar-refractivity contribution in [3.05, 3.63) is 95.2 Å². The van der Waals surface area contributed by atoms with Gasteiger partial charge in [0.1, 0.15) is 17.2 Å². The standard InChI is InChI=1S/C27H21F3N4O4/c1-27(37,15-4-2-3-14(11-15)5-8-22(35)36)26-32-25(33-34-26)18-12-16(6-7-19(18)28)38-24-20(29)13-21-17(23(24)30)9-10-31-21/h2-4,6-7,9-13,31,37H,5,8H2,1H3,(H,35,36)(H,32,33,34). The lowest BCUT2D eigenvalue weighted by Gasteiger charge is -2.21. The Kier molecular flexibility index (Phi) is 6.37. The summed E-state index contributed by atoms with van der Waals surface area (Å²) in [7, 11) is 0. The van der Waals surface area contributed by atoms with Crippen molar-refractivity contribution < 1.29 is 32.9 Å². The van der Waals surface area contributed by atoms with Crippen LogP contribution in [0.1, 0.15) is 30.3 Å². The third-order valence-electron chi connectivity index (χ3n) is 6.18. The maximum absolute atomic E-state index is 14.8. The van der Waals surface area contributed by atoms with E-state index in [9.17, 15) is 23.1 Å². The second kappa shape index (κ2) is 9.67.